The standard InChI is InChI=1S/C22H34O2/c1-3-5-6-7-8-9-10-11-12-13-14-15-16-17-18-19-20-22(24)21(23)4-2/h3,5-14,21-24H,1,4,15-20H2,2H3. The van der Waals surface area contributed by atoms with E-state index in [1.807, 2.05) is 55.5 Å². The molecule has 0 aromatic rings. The van der Waals surface area contributed by atoms with Crippen molar-refractivity contribution in [2.75, 3.05) is 0 Å². The minimum Gasteiger partial charge on any atom is -0.390 e. The number of hydrogen-bond acceptors (Lipinski definition) is 2. The summed E-state index contributed by atoms with van der Waals surface area (Å²) in [5, 5.41) is 19.1. The molecule has 0 rings (SSSR count). The lowest BCUT2D eigenvalue weighted by Crippen LogP contribution is -2.24. The Morgan fingerprint density at radius 1 is 0.708 bits per heavy atom. The summed E-state index contributed by atoms with van der Waals surface area (Å²) >= 11 is 0. The van der Waals surface area contributed by atoms with E-state index in [2.05, 4.69) is 18.7 Å². The Morgan fingerprint density at radius 2 is 1.25 bits per heavy atom. The van der Waals surface area contributed by atoms with E-state index >= 15 is 0 Å². The van der Waals surface area contributed by atoms with E-state index in [0.29, 0.717) is 12.8 Å². The molecule has 0 aliphatic carbocycles. The zero-order chi connectivity index (χ0) is 17.9. The van der Waals surface area contributed by atoms with Crippen molar-refractivity contribution in [2.45, 2.75) is 64.1 Å². The molecule has 0 saturated carbocycles. The maximum absolute atomic E-state index is 9.65. The van der Waals surface area contributed by atoms with Crippen molar-refractivity contribution in [3.63, 3.8) is 0 Å². The molecule has 0 aliphatic heterocycles. The third-order valence-electron chi connectivity index (χ3n) is 3.64. The van der Waals surface area contributed by atoms with Gasteiger partial charge in [0.25, 0.3) is 0 Å². The minimum atomic E-state index is -0.562. The minimum absolute atomic E-state index is 0.555. The summed E-state index contributed by atoms with van der Waals surface area (Å²) in [6, 6.07) is 0. The molecule has 0 amide bonds. The molecule has 0 spiro atoms. The molecular formula is C22H34O2. The fraction of sp³-hybridized carbons (Fsp3) is 0.455. The lowest BCUT2D eigenvalue weighted by molar-refractivity contribution is 0.0114. The molecule has 0 fully saturated rings. The monoisotopic (exact) mass is 330 g/mol. The van der Waals surface area contributed by atoms with Gasteiger partial charge in [0.1, 0.15) is 0 Å². The number of aliphatic hydroxyl groups excluding tert-OH is 2. The van der Waals surface area contributed by atoms with Gasteiger partial charge in [0.2, 0.25) is 0 Å². The summed E-state index contributed by atoms with van der Waals surface area (Å²) in [6.07, 6.45) is 27.6. The van der Waals surface area contributed by atoms with Gasteiger partial charge in [-0.15, -0.1) is 0 Å². The summed E-state index contributed by atoms with van der Waals surface area (Å²) in [6.45, 7) is 5.50. The smallest absolute Gasteiger partial charge is 0.0799 e. The van der Waals surface area contributed by atoms with Gasteiger partial charge in [-0.3, -0.25) is 0 Å². The van der Waals surface area contributed by atoms with Gasteiger partial charge in [0.15, 0.2) is 0 Å². The predicted molar refractivity (Wildman–Crippen MR) is 106 cm³/mol. The SMILES string of the molecule is C=CC=CC=CC=CC=CC=CCCCCCCC(O)C(O)CC. The highest BCUT2D eigenvalue weighted by Gasteiger charge is 2.12. The van der Waals surface area contributed by atoms with Gasteiger partial charge in [0.05, 0.1) is 12.2 Å². The van der Waals surface area contributed by atoms with Crippen LogP contribution in [0.4, 0.5) is 0 Å². The van der Waals surface area contributed by atoms with E-state index in [4.69, 9.17) is 0 Å². The zero-order valence-corrected chi connectivity index (χ0v) is 15.1. The van der Waals surface area contributed by atoms with Crippen LogP contribution in [0.2, 0.25) is 0 Å². The average Bonchev–Trinajstić information content (AvgIpc) is 2.60. The summed E-state index contributed by atoms with van der Waals surface area (Å²) < 4.78 is 0. The normalized spacial score (nSPS) is 15.5. The van der Waals surface area contributed by atoms with Crippen LogP contribution in [0.5, 0.6) is 0 Å². The van der Waals surface area contributed by atoms with Crippen LogP contribution in [0.3, 0.4) is 0 Å². The molecule has 0 aromatic heterocycles. The molecule has 2 heteroatoms. The van der Waals surface area contributed by atoms with Crippen molar-refractivity contribution < 1.29 is 10.2 Å². The van der Waals surface area contributed by atoms with Gasteiger partial charge in [-0.2, -0.15) is 0 Å². The van der Waals surface area contributed by atoms with Gasteiger partial charge >= 0.3 is 0 Å². The van der Waals surface area contributed by atoms with Crippen LogP contribution in [-0.4, -0.2) is 22.4 Å². The number of aliphatic hydroxyl groups is 2. The Hall–Kier alpha value is -1.64. The van der Waals surface area contributed by atoms with Crippen molar-refractivity contribution in [3.8, 4) is 0 Å². The molecule has 2 unspecified atom stereocenters. The van der Waals surface area contributed by atoms with Gasteiger partial charge in [0, 0.05) is 0 Å². The highest BCUT2D eigenvalue weighted by Crippen LogP contribution is 2.11. The first-order chi connectivity index (χ1) is 11.7. The maximum Gasteiger partial charge on any atom is 0.0799 e. The van der Waals surface area contributed by atoms with Crippen molar-refractivity contribution in [1.82, 2.24) is 0 Å². The molecule has 2 N–H and O–H groups in total. The van der Waals surface area contributed by atoms with Gasteiger partial charge < -0.3 is 10.2 Å². The van der Waals surface area contributed by atoms with E-state index in [1.54, 1.807) is 6.08 Å². The Kier molecular flexibility index (Phi) is 16.5. The molecule has 0 heterocycles. The Bertz CT molecular complexity index is 427. The van der Waals surface area contributed by atoms with E-state index < -0.39 is 12.2 Å². The fourth-order valence-corrected chi connectivity index (χ4v) is 2.14. The molecule has 2 nitrogen and oxygen atoms in total. The van der Waals surface area contributed by atoms with E-state index in [1.165, 1.54) is 12.8 Å². The van der Waals surface area contributed by atoms with Crippen molar-refractivity contribution in [2.24, 2.45) is 0 Å². The molecule has 0 aliphatic rings. The Labute approximate surface area is 148 Å². The third-order valence-corrected chi connectivity index (χ3v) is 3.64. The van der Waals surface area contributed by atoms with E-state index in [-0.39, 0.29) is 0 Å². The van der Waals surface area contributed by atoms with Crippen LogP contribution in [0.15, 0.2) is 73.4 Å². The molecule has 2 atom stereocenters. The second-order valence-electron chi connectivity index (χ2n) is 5.74. The van der Waals surface area contributed by atoms with Crippen LogP contribution < -0.4 is 0 Å². The Morgan fingerprint density at radius 3 is 1.83 bits per heavy atom. The summed E-state index contributed by atoms with van der Waals surface area (Å²) in [5.41, 5.74) is 0. The number of unbranched alkanes of at least 4 members (excludes halogenated alkanes) is 4. The lowest BCUT2D eigenvalue weighted by atomic mass is 10.0. The Balaban J connectivity index is 3.54. The van der Waals surface area contributed by atoms with Gasteiger partial charge in [-0.05, 0) is 25.7 Å². The van der Waals surface area contributed by atoms with Crippen LogP contribution >= 0.6 is 0 Å². The second-order valence-corrected chi connectivity index (χ2v) is 5.74. The number of rotatable bonds is 14. The van der Waals surface area contributed by atoms with Crippen LogP contribution in [0.1, 0.15) is 51.9 Å². The molecule has 0 radical (unpaired) electrons. The number of hydrogen-bond donors (Lipinski definition) is 2. The molecular weight excluding hydrogens is 296 g/mol. The van der Waals surface area contributed by atoms with Crippen LogP contribution in [-0.2, 0) is 0 Å². The molecule has 0 saturated heterocycles. The first-order valence-corrected chi connectivity index (χ1v) is 9.02. The highest BCUT2D eigenvalue weighted by molar-refractivity contribution is 5.18. The largest absolute Gasteiger partial charge is 0.390 e. The first-order valence-electron chi connectivity index (χ1n) is 9.02. The second kappa shape index (κ2) is 17.7. The maximum atomic E-state index is 9.65. The predicted octanol–water partition coefficient (Wildman–Crippen LogP) is 5.43. The van der Waals surface area contributed by atoms with E-state index in [0.717, 1.165) is 19.3 Å². The summed E-state index contributed by atoms with van der Waals surface area (Å²) in [5.74, 6) is 0. The fourth-order valence-electron chi connectivity index (χ4n) is 2.14. The molecule has 0 bridgehead atoms. The molecule has 24 heavy (non-hydrogen) atoms. The molecule has 0 aromatic carbocycles. The molecule has 134 valence electrons. The van der Waals surface area contributed by atoms with Crippen molar-refractivity contribution >= 4 is 0 Å². The quantitative estimate of drug-likeness (QED) is 0.329. The third kappa shape index (κ3) is 15.3. The number of allylic oxidation sites excluding steroid dienone is 11. The highest BCUT2D eigenvalue weighted by atomic mass is 16.3. The summed E-state index contributed by atoms with van der Waals surface area (Å²) in [7, 11) is 0. The topological polar surface area (TPSA) is 40.5 Å². The van der Waals surface area contributed by atoms with Crippen LogP contribution in [0, 0.1) is 0 Å². The zero-order valence-electron chi connectivity index (χ0n) is 15.1. The lowest BCUT2D eigenvalue weighted by Gasteiger charge is -2.15. The first kappa shape index (κ1) is 22.4. The average molecular weight is 331 g/mol. The van der Waals surface area contributed by atoms with Gasteiger partial charge in [-0.1, -0.05) is 99.6 Å². The van der Waals surface area contributed by atoms with Gasteiger partial charge in [-0.25, -0.2) is 0 Å². The summed E-state index contributed by atoms with van der Waals surface area (Å²) in [4.78, 5) is 0. The van der Waals surface area contributed by atoms with Crippen molar-refractivity contribution in [3.05, 3.63) is 73.4 Å². The van der Waals surface area contributed by atoms with Crippen LogP contribution in [0.25, 0.3) is 0 Å². The van der Waals surface area contributed by atoms with E-state index in [9.17, 15) is 10.2 Å². The van der Waals surface area contributed by atoms with Crippen molar-refractivity contribution in [1.29, 1.82) is 0 Å².